The van der Waals surface area contributed by atoms with Gasteiger partial charge < -0.3 is 10.5 Å². The quantitative estimate of drug-likeness (QED) is 0.658. The van der Waals surface area contributed by atoms with Gasteiger partial charge in [0.05, 0.1) is 4.92 Å². The van der Waals surface area contributed by atoms with E-state index >= 15 is 0 Å². The highest BCUT2D eigenvalue weighted by Gasteiger charge is 2.16. The number of likely N-dealkylation sites (tertiary alicyclic amines) is 1. The Hall–Kier alpha value is -1.08. The van der Waals surface area contributed by atoms with Crippen molar-refractivity contribution >= 4 is 30.5 Å². The molecule has 1 atom stereocenters. The van der Waals surface area contributed by atoms with Crippen molar-refractivity contribution in [2.45, 2.75) is 18.9 Å². The van der Waals surface area contributed by atoms with Gasteiger partial charge in [0.1, 0.15) is 12.4 Å². The minimum absolute atomic E-state index is 0. The first-order valence-electron chi connectivity index (χ1n) is 6.50. The van der Waals surface area contributed by atoms with Crippen molar-refractivity contribution in [1.29, 1.82) is 0 Å². The molecule has 2 rings (SSSR count). The van der Waals surface area contributed by atoms with E-state index in [0.29, 0.717) is 12.4 Å². The molecule has 1 aliphatic rings. The number of nitrogens with two attached hydrogens (primary N) is 1. The zero-order chi connectivity index (χ0) is 13.7. The minimum atomic E-state index is -0.418. The van der Waals surface area contributed by atoms with Crippen LogP contribution >= 0.6 is 24.8 Å². The van der Waals surface area contributed by atoms with Crippen LogP contribution in [0.4, 0.5) is 5.69 Å². The third-order valence-electron chi connectivity index (χ3n) is 3.27. The van der Waals surface area contributed by atoms with Crippen LogP contribution in [-0.2, 0) is 0 Å². The maximum atomic E-state index is 10.5. The number of nitro groups is 1. The number of rotatable bonds is 5. The summed E-state index contributed by atoms with van der Waals surface area (Å²) in [6.45, 7) is 3.40. The molecule has 0 amide bonds. The number of nitrogens with zero attached hydrogens (tertiary/aromatic N) is 2. The van der Waals surface area contributed by atoms with Gasteiger partial charge in [-0.2, -0.15) is 0 Å². The van der Waals surface area contributed by atoms with Gasteiger partial charge in [-0.3, -0.25) is 15.0 Å². The first-order chi connectivity index (χ1) is 9.15. The first-order valence-corrected chi connectivity index (χ1v) is 6.50. The van der Waals surface area contributed by atoms with E-state index in [0.717, 1.165) is 32.5 Å². The lowest BCUT2D eigenvalue weighted by Crippen LogP contribution is -2.44. The van der Waals surface area contributed by atoms with Crippen molar-refractivity contribution in [2.75, 3.05) is 26.2 Å². The summed E-state index contributed by atoms with van der Waals surface area (Å²) in [5.41, 5.74) is 5.98. The monoisotopic (exact) mass is 337 g/mol. The summed E-state index contributed by atoms with van der Waals surface area (Å²) in [7, 11) is 0. The minimum Gasteiger partial charge on any atom is -0.492 e. The molecule has 21 heavy (non-hydrogen) atoms. The van der Waals surface area contributed by atoms with E-state index in [1.807, 2.05) is 0 Å². The Balaban J connectivity index is 0.00000200. The molecule has 2 N–H and O–H groups in total. The van der Waals surface area contributed by atoms with Crippen LogP contribution in [0.5, 0.6) is 5.75 Å². The van der Waals surface area contributed by atoms with Crippen molar-refractivity contribution in [2.24, 2.45) is 5.73 Å². The molecular weight excluding hydrogens is 317 g/mol. The van der Waals surface area contributed by atoms with Gasteiger partial charge in [0.2, 0.25) is 0 Å². The van der Waals surface area contributed by atoms with E-state index in [1.165, 1.54) is 12.1 Å². The molecule has 0 radical (unpaired) electrons. The highest BCUT2D eigenvalue weighted by Crippen LogP contribution is 2.17. The molecule has 1 saturated heterocycles. The molecule has 120 valence electrons. The number of halogens is 2. The third kappa shape index (κ3) is 6.48. The van der Waals surface area contributed by atoms with Crippen molar-refractivity contribution in [3.63, 3.8) is 0 Å². The van der Waals surface area contributed by atoms with Crippen LogP contribution in [0.3, 0.4) is 0 Å². The smallest absolute Gasteiger partial charge is 0.269 e. The molecule has 6 nitrogen and oxygen atoms in total. The number of ether oxygens (including phenoxy) is 1. The Bertz CT molecular complexity index is 431. The molecule has 1 fully saturated rings. The van der Waals surface area contributed by atoms with Crippen LogP contribution in [0.25, 0.3) is 0 Å². The normalized spacial score (nSPS) is 18.2. The predicted molar refractivity (Wildman–Crippen MR) is 86.7 cm³/mol. The lowest BCUT2D eigenvalue weighted by atomic mass is 10.1. The van der Waals surface area contributed by atoms with Gasteiger partial charge in [0.15, 0.2) is 0 Å². The average molecular weight is 338 g/mol. The van der Waals surface area contributed by atoms with Gasteiger partial charge in [-0.25, -0.2) is 0 Å². The van der Waals surface area contributed by atoms with E-state index < -0.39 is 4.92 Å². The van der Waals surface area contributed by atoms with E-state index in [1.54, 1.807) is 12.1 Å². The molecule has 1 heterocycles. The maximum absolute atomic E-state index is 10.5. The second kappa shape index (κ2) is 9.78. The van der Waals surface area contributed by atoms with Gasteiger partial charge >= 0.3 is 0 Å². The summed E-state index contributed by atoms with van der Waals surface area (Å²) in [6, 6.07) is 6.42. The van der Waals surface area contributed by atoms with Crippen LogP contribution in [0.15, 0.2) is 24.3 Å². The fourth-order valence-electron chi connectivity index (χ4n) is 2.25. The summed E-state index contributed by atoms with van der Waals surface area (Å²) in [5, 5.41) is 10.5. The van der Waals surface area contributed by atoms with E-state index in [9.17, 15) is 10.1 Å². The summed E-state index contributed by atoms with van der Waals surface area (Å²) < 4.78 is 5.57. The molecular formula is C13H21Cl2N3O3. The van der Waals surface area contributed by atoms with Crippen molar-refractivity contribution < 1.29 is 9.66 Å². The summed E-state index contributed by atoms with van der Waals surface area (Å²) in [6.07, 6.45) is 2.23. The molecule has 0 spiro atoms. The van der Waals surface area contributed by atoms with Crippen molar-refractivity contribution in [1.82, 2.24) is 4.90 Å². The number of hydrogen-bond acceptors (Lipinski definition) is 5. The second-order valence-corrected chi connectivity index (χ2v) is 4.80. The zero-order valence-corrected chi connectivity index (χ0v) is 13.3. The molecule has 0 aliphatic carbocycles. The van der Waals surface area contributed by atoms with Crippen LogP contribution in [-0.4, -0.2) is 42.1 Å². The fourth-order valence-corrected chi connectivity index (χ4v) is 2.25. The predicted octanol–water partition coefficient (Wildman–Crippen LogP) is 2.24. The molecule has 0 bridgehead atoms. The number of nitro benzene ring substituents is 1. The Morgan fingerprint density at radius 2 is 2.00 bits per heavy atom. The fraction of sp³-hybridized carbons (Fsp3) is 0.538. The Morgan fingerprint density at radius 3 is 2.57 bits per heavy atom. The molecule has 0 unspecified atom stereocenters. The molecule has 0 aromatic heterocycles. The SMILES string of the molecule is Cl.Cl.N[C@H]1CCCN(CCOc2ccc([N+](=O)[O-])cc2)C1. The number of piperidine rings is 1. The lowest BCUT2D eigenvalue weighted by molar-refractivity contribution is -0.384. The standard InChI is InChI=1S/C13H19N3O3.2ClH/c14-11-2-1-7-15(10-11)8-9-19-13-5-3-12(4-6-13)16(17)18;;/h3-6,11H,1-2,7-10,14H2;2*1H/t11-;;/m0../s1. The van der Waals surface area contributed by atoms with Gasteiger partial charge in [-0.1, -0.05) is 0 Å². The van der Waals surface area contributed by atoms with Crippen LogP contribution in [0, 0.1) is 10.1 Å². The van der Waals surface area contributed by atoms with Crippen molar-refractivity contribution in [3.05, 3.63) is 34.4 Å². The highest BCUT2D eigenvalue weighted by atomic mass is 35.5. The van der Waals surface area contributed by atoms with Crippen LogP contribution in [0.2, 0.25) is 0 Å². The zero-order valence-electron chi connectivity index (χ0n) is 11.6. The van der Waals surface area contributed by atoms with Gasteiger partial charge in [-0.05, 0) is 31.5 Å². The van der Waals surface area contributed by atoms with Crippen molar-refractivity contribution in [3.8, 4) is 5.75 Å². The summed E-state index contributed by atoms with van der Waals surface area (Å²) >= 11 is 0. The molecule has 0 saturated carbocycles. The largest absolute Gasteiger partial charge is 0.492 e. The third-order valence-corrected chi connectivity index (χ3v) is 3.27. The second-order valence-electron chi connectivity index (χ2n) is 4.80. The van der Waals surface area contributed by atoms with Crippen LogP contribution in [0.1, 0.15) is 12.8 Å². The molecule has 8 heteroatoms. The maximum Gasteiger partial charge on any atom is 0.269 e. The molecule has 1 aliphatic heterocycles. The van der Waals surface area contributed by atoms with E-state index in [-0.39, 0.29) is 36.5 Å². The number of non-ortho nitro benzene ring substituents is 1. The Kier molecular flexibility index (Phi) is 9.28. The summed E-state index contributed by atoms with van der Waals surface area (Å²) in [4.78, 5) is 12.4. The number of hydrogen-bond donors (Lipinski definition) is 1. The van der Waals surface area contributed by atoms with Gasteiger partial charge in [-0.15, -0.1) is 24.8 Å². The van der Waals surface area contributed by atoms with Crippen LogP contribution < -0.4 is 10.5 Å². The van der Waals surface area contributed by atoms with E-state index in [4.69, 9.17) is 10.5 Å². The Labute approximate surface area is 136 Å². The lowest BCUT2D eigenvalue weighted by Gasteiger charge is -2.30. The highest BCUT2D eigenvalue weighted by molar-refractivity contribution is 5.85. The summed E-state index contributed by atoms with van der Waals surface area (Å²) in [5.74, 6) is 0.659. The van der Waals surface area contributed by atoms with E-state index in [2.05, 4.69) is 4.90 Å². The molecule has 1 aromatic rings. The average Bonchev–Trinajstić information content (AvgIpc) is 2.39. The van der Waals surface area contributed by atoms with Gasteiger partial charge in [0.25, 0.3) is 5.69 Å². The molecule has 1 aromatic carbocycles. The topological polar surface area (TPSA) is 81.6 Å². The number of benzene rings is 1. The first kappa shape index (κ1) is 19.9. The van der Waals surface area contributed by atoms with Gasteiger partial charge in [0, 0.05) is 31.3 Å². The Morgan fingerprint density at radius 1 is 1.33 bits per heavy atom.